The third kappa shape index (κ3) is 5.50. The second kappa shape index (κ2) is 11.3. The van der Waals surface area contributed by atoms with Gasteiger partial charge in [0.1, 0.15) is 18.4 Å². The van der Waals surface area contributed by atoms with E-state index in [2.05, 4.69) is 21.3 Å². The highest BCUT2D eigenvalue weighted by Gasteiger charge is 2.39. The summed E-state index contributed by atoms with van der Waals surface area (Å²) < 4.78 is 10.6. The number of nitrogens with one attached hydrogen (secondary N) is 1. The van der Waals surface area contributed by atoms with Gasteiger partial charge >= 0.3 is 11.9 Å². The van der Waals surface area contributed by atoms with Crippen LogP contribution in [-0.4, -0.2) is 49.1 Å². The van der Waals surface area contributed by atoms with E-state index >= 15 is 0 Å². The average Bonchev–Trinajstić information content (AvgIpc) is 2.83. The van der Waals surface area contributed by atoms with Gasteiger partial charge in [0.15, 0.2) is 0 Å². The van der Waals surface area contributed by atoms with E-state index in [-0.39, 0.29) is 23.4 Å². The SMILES string of the molecule is COC(=O)C1=C(C)NC(C)=C(C(=O)OCCN(C)Cc2ccccc2)C1c1cccnc1C#N. The minimum Gasteiger partial charge on any atom is -0.466 e. The Labute approximate surface area is 199 Å². The standard InChI is InChI=1S/C26H28N4O4/c1-17-22(25(31)33-4)24(20-11-8-12-28-21(20)15-27)23(18(2)29-17)26(32)34-14-13-30(3)16-19-9-6-5-7-10-19/h5-12,24,29H,13-14,16H2,1-4H3. The van der Waals surface area contributed by atoms with Crippen LogP contribution >= 0.6 is 0 Å². The van der Waals surface area contributed by atoms with Gasteiger partial charge in [0, 0.05) is 36.2 Å². The van der Waals surface area contributed by atoms with Crippen LogP contribution in [0.25, 0.3) is 0 Å². The maximum Gasteiger partial charge on any atom is 0.336 e. The fourth-order valence-electron chi connectivity index (χ4n) is 4.05. The fraction of sp³-hybridized carbons (Fsp3) is 0.308. The van der Waals surface area contributed by atoms with Crippen LogP contribution in [0.3, 0.4) is 0 Å². The Morgan fingerprint density at radius 1 is 1.09 bits per heavy atom. The Kier molecular flexibility index (Phi) is 8.17. The highest BCUT2D eigenvalue weighted by Crippen LogP contribution is 2.40. The summed E-state index contributed by atoms with van der Waals surface area (Å²) in [5, 5.41) is 12.7. The highest BCUT2D eigenvalue weighted by atomic mass is 16.5. The summed E-state index contributed by atoms with van der Waals surface area (Å²) in [4.78, 5) is 32.2. The summed E-state index contributed by atoms with van der Waals surface area (Å²) in [5.74, 6) is -2.00. The second-order valence-electron chi connectivity index (χ2n) is 8.04. The monoisotopic (exact) mass is 460 g/mol. The summed E-state index contributed by atoms with van der Waals surface area (Å²) >= 11 is 0. The molecule has 34 heavy (non-hydrogen) atoms. The molecule has 2 heterocycles. The number of hydrogen-bond acceptors (Lipinski definition) is 8. The molecular weight excluding hydrogens is 432 g/mol. The average molecular weight is 461 g/mol. The van der Waals surface area contributed by atoms with Gasteiger partial charge in [-0.25, -0.2) is 14.6 Å². The lowest BCUT2D eigenvalue weighted by Crippen LogP contribution is -2.33. The molecule has 8 nitrogen and oxygen atoms in total. The number of hydrogen-bond donors (Lipinski definition) is 1. The quantitative estimate of drug-likeness (QED) is 0.600. The molecule has 0 saturated carbocycles. The number of allylic oxidation sites excluding steroid dienone is 2. The molecule has 0 spiro atoms. The van der Waals surface area contributed by atoms with E-state index in [0.717, 1.165) is 12.1 Å². The van der Waals surface area contributed by atoms with Gasteiger partial charge in [-0.3, -0.25) is 4.90 Å². The number of carbonyl (C=O) groups is 2. The van der Waals surface area contributed by atoms with Gasteiger partial charge in [-0.05, 0) is 32.5 Å². The van der Waals surface area contributed by atoms with Crippen molar-refractivity contribution in [3.8, 4) is 6.07 Å². The normalized spacial score (nSPS) is 15.6. The number of esters is 2. The molecule has 1 unspecified atom stereocenters. The summed E-state index contributed by atoms with van der Waals surface area (Å²) in [7, 11) is 3.23. The van der Waals surface area contributed by atoms with Crippen LogP contribution in [0.15, 0.2) is 71.2 Å². The Morgan fingerprint density at radius 2 is 1.76 bits per heavy atom. The van der Waals surface area contributed by atoms with Crippen molar-refractivity contribution >= 4 is 11.9 Å². The van der Waals surface area contributed by atoms with Crippen molar-refractivity contribution in [2.75, 3.05) is 27.3 Å². The molecule has 1 aliphatic heterocycles. The van der Waals surface area contributed by atoms with Crippen molar-refractivity contribution in [3.05, 3.63) is 88.0 Å². The number of aromatic nitrogens is 1. The molecule has 2 aromatic rings. The van der Waals surface area contributed by atoms with Gasteiger partial charge in [0.05, 0.1) is 24.2 Å². The van der Waals surface area contributed by atoms with Crippen LogP contribution in [0.5, 0.6) is 0 Å². The zero-order chi connectivity index (χ0) is 24.7. The number of nitriles is 1. The van der Waals surface area contributed by atoms with Crippen molar-refractivity contribution in [2.24, 2.45) is 0 Å². The molecule has 1 atom stereocenters. The molecule has 1 N–H and O–H groups in total. The van der Waals surface area contributed by atoms with E-state index in [1.54, 1.807) is 26.0 Å². The van der Waals surface area contributed by atoms with Crippen LogP contribution in [0, 0.1) is 11.3 Å². The Bertz CT molecular complexity index is 1160. The number of methoxy groups -OCH3 is 1. The van der Waals surface area contributed by atoms with E-state index in [9.17, 15) is 14.9 Å². The van der Waals surface area contributed by atoms with Crippen molar-refractivity contribution in [2.45, 2.75) is 26.3 Å². The molecule has 176 valence electrons. The van der Waals surface area contributed by atoms with E-state index in [1.807, 2.05) is 37.4 Å². The molecule has 0 aliphatic carbocycles. The van der Waals surface area contributed by atoms with Gasteiger partial charge in [-0.2, -0.15) is 5.26 Å². The van der Waals surface area contributed by atoms with E-state index in [4.69, 9.17) is 9.47 Å². The number of likely N-dealkylation sites (N-methyl/N-ethyl adjacent to an activating group) is 1. The third-order valence-electron chi connectivity index (χ3n) is 5.64. The molecule has 1 aromatic carbocycles. The fourth-order valence-corrected chi connectivity index (χ4v) is 4.05. The highest BCUT2D eigenvalue weighted by molar-refractivity contribution is 6.00. The van der Waals surface area contributed by atoms with Gasteiger partial charge < -0.3 is 14.8 Å². The van der Waals surface area contributed by atoms with Crippen molar-refractivity contribution in [1.29, 1.82) is 5.26 Å². The lowest BCUT2D eigenvalue weighted by Gasteiger charge is -2.30. The summed E-state index contributed by atoms with van der Waals surface area (Å²) in [5.41, 5.74) is 3.32. The smallest absolute Gasteiger partial charge is 0.336 e. The van der Waals surface area contributed by atoms with E-state index in [1.165, 1.54) is 13.3 Å². The van der Waals surface area contributed by atoms with Gasteiger partial charge in [0.25, 0.3) is 0 Å². The first-order valence-electron chi connectivity index (χ1n) is 10.9. The van der Waals surface area contributed by atoms with Gasteiger partial charge in [-0.1, -0.05) is 36.4 Å². The van der Waals surface area contributed by atoms with Crippen LogP contribution in [0.4, 0.5) is 0 Å². The summed E-state index contributed by atoms with van der Waals surface area (Å²) in [6.45, 7) is 4.89. The van der Waals surface area contributed by atoms with Gasteiger partial charge in [-0.15, -0.1) is 0 Å². The van der Waals surface area contributed by atoms with E-state index < -0.39 is 17.9 Å². The van der Waals surface area contributed by atoms with Crippen LogP contribution in [0.2, 0.25) is 0 Å². The largest absolute Gasteiger partial charge is 0.466 e. The molecule has 0 bridgehead atoms. The molecule has 0 saturated heterocycles. The Balaban J connectivity index is 1.84. The number of dihydropyridines is 1. The van der Waals surface area contributed by atoms with Crippen molar-refractivity contribution in [3.63, 3.8) is 0 Å². The number of carbonyl (C=O) groups excluding carboxylic acids is 2. The lowest BCUT2D eigenvalue weighted by molar-refractivity contribution is -0.139. The molecular formula is C26H28N4O4. The minimum absolute atomic E-state index is 0.129. The molecule has 0 radical (unpaired) electrons. The van der Waals surface area contributed by atoms with Crippen molar-refractivity contribution in [1.82, 2.24) is 15.2 Å². The van der Waals surface area contributed by atoms with Crippen LogP contribution < -0.4 is 5.32 Å². The molecule has 8 heteroatoms. The number of nitrogens with zero attached hydrogens (tertiary/aromatic N) is 3. The maximum absolute atomic E-state index is 13.3. The van der Waals surface area contributed by atoms with Crippen LogP contribution in [0.1, 0.15) is 36.6 Å². The number of ether oxygens (including phenoxy) is 2. The van der Waals surface area contributed by atoms with E-state index in [0.29, 0.717) is 23.5 Å². The van der Waals surface area contributed by atoms with Gasteiger partial charge in [0.2, 0.25) is 0 Å². The predicted octanol–water partition coefficient (Wildman–Crippen LogP) is 3.04. The molecule has 1 aliphatic rings. The van der Waals surface area contributed by atoms with Crippen molar-refractivity contribution < 1.29 is 19.1 Å². The molecule has 0 amide bonds. The first-order chi connectivity index (χ1) is 16.4. The molecule has 1 aromatic heterocycles. The second-order valence-corrected chi connectivity index (χ2v) is 8.04. The van der Waals surface area contributed by atoms with Crippen LogP contribution in [-0.2, 0) is 25.6 Å². The first kappa shape index (κ1) is 24.7. The predicted molar refractivity (Wildman–Crippen MR) is 126 cm³/mol. The number of pyridine rings is 1. The first-order valence-corrected chi connectivity index (χ1v) is 10.9. The third-order valence-corrected chi connectivity index (χ3v) is 5.64. The summed E-state index contributed by atoms with van der Waals surface area (Å²) in [6.07, 6.45) is 1.49. The minimum atomic E-state index is -0.841. The topological polar surface area (TPSA) is 105 Å². The summed E-state index contributed by atoms with van der Waals surface area (Å²) in [6, 6.07) is 15.4. The number of rotatable bonds is 8. The lowest BCUT2D eigenvalue weighted by atomic mass is 9.80. The zero-order valence-corrected chi connectivity index (χ0v) is 19.8. The number of benzene rings is 1. The zero-order valence-electron chi connectivity index (χ0n) is 19.8. The Morgan fingerprint density at radius 3 is 2.41 bits per heavy atom. The molecule has 0 fully saturated rings. The molecule has 3 rings (SSSR count). The Hall–Kier alpha value is -3.96. The maximum atomic E-state index is 13.3.